The molecule has 1 aromatic heterocycles. The number of fused-ring (bicyclic) bond motifs is 3. The maximum Gasteiger partial charge on any atom is 0.249 e. The quantitative estimate of drug-likeness (QED) is 0.220. The number of hydrogen-bond donors (Lipinski definition) is 2. The lowest BCUT2D eigenvalue weighted by atomic mass is 10.0. The molecule has 0 spiro atoms. The van der Waals surface area contributed by atoms with Gasteiger partial charge < -0.3 is 20.1 Å². The smallest absolute Gasteiger partial charge is 0.249 e. The van der Waals surface area contributed by atoms with Crippen LogP contribution in [0.4, 0.5) is 0 Å². The molecule has 0 aliphatic rings. The number of nitrogens with two attached hydrogens (primary N) is 1. The van der Waals surface area contributed by atoms with Gasteiger partial charge in [-0.2, -0.15) is 0 Å². The van der Waals surface area contributed by atoms with Crippen molar-refractivity contribution >= 4 is 27.7 Å². The Morgan fingerprint density at radius 1 is 0.833 bits per heavy atom. The van der Waals surface area contributed by atoms with Crippen molar-refractivity contribution in [1.82, 2.24) is 4.57 Å². The lowest BCUT2D eigenvalue weighted by Crippen LogP contribution is -2.11. The first-order valence-electron chi connectivity index (χ1n) is 12.4. The summed E-state index contributed by atoms with van der Waals surface area (Å²) in [7, 11) is 0. The first kappa shape index (κ1) is 23.5. The van der Waals surface area contributed by atoms with Crippen molar-refractivity contribution in [2.45, 2.75) is 39.2 Å². The van der Waals surface area contributed by atoms with Crippen molar-refractivity contribution in [3.05, 3.63) is 102 Å². The summed E-state index contributed by atoms with van der Waals surface area (Å²) in [5.41, 5.74) is 10.0. The maximum atomic E-state index is 12.3. The van der Waals surface area contributed by atoms with E-state index in [1.807, 2.05) is 66.7 Å². The SMILES string of the molecule is CCCCCc1cc(O)c2c3c(C(N)=O)cccc3n(Cc3cccc(Oc4ccccc4)c3)c2c1. The second-order valence-electron chi connectivity index (χ2n) is 9.18. The van der Waals surface area contributed by atoms with Crippen molar-refractivity contribution in [2.75, 3.05) is 0 Å². The van der Waals surface area contributed by atoms with Gasteiger partial charge in [0.2, 0.25) is 5.91 Å². The monoisotopic (exact) mass is 478 g/mol. The third-order valence-corrected chi connectivity index (χ3v) is 6.58. The number of para-hydroxylation sites is 1. The number of phenols is 1. The van der Waals surface area contributed by atoms with Crippen LogP contribution in [0.5, 0.6) is 17.2 Å². The van der Waals surface area contributed by atoms with Crippen LogP contribution in [0.2, 0.25) is 0 Å². The number of unbranched alkanes of at least 4 members (excludes halogenated alkanes) is 2. The Kier molecular flexibility index (Phi) is 6.63. The van der Waals surface area contributed by atoms with Crippen LogP contribution in [-0.4, -0.2) is 15.6 Å². The second kappa shape index (κ2) is 10.2. The van der Waals surface area contributed by atoms with Crippen LogP contribution >= 0.6 is 0 Å². The van der Waals surface area contributed by atoms with Gasteiger partial charge >= 0.3 is 0 Å². The van der Waals surface area contributed by atoms with E-state index in [9.17, 15) is 9.90 Å². The lowest BCUT2D eigenvalue weighted by molar-refractivity contribution is 0.100. The molecule has 5 heteroatoms. The summed E-state index contributed by atoms with van der Waals surface area (Å²) in [5, 5.41) is 12.5. The fraction of sp³-hybridized carbons (Fsp3) is 0.194. The van der Waals surface area contributed by atoms with E-state index in [1.54, 1.807) is 6.07 Å². The molecule has 4 aromatic carbocycles. The summed E-state index contributed by atoms with van der Waals surface area (Å²) in [6.07, 6.45) is 4.23. The van der Waals surface area contributed by atoms with Gasteiger partial charge in [0.15, 0.2) is 0 Å². The second-order valence-corrected chi connectivity index (χ2v) is 9.18. The molecule has 1 heterocycles. The molecule has 0 aliphatic carbocycles. The highest BCUT2D eigenvalue weighted by Gasteiger charge is 2.20. The summed E-state index contributed by atoms with van der Waals surface area (Å²) >= 11 is 0. The number of nitrogens with zero attached hydrogens (tertiary/aromatic N) is 1. The van der Waals surface area contributed by atoms with E-state index >= 15 is 0 Å². The lowest BCUT2D eigenvalue weighted by Gasteiger charge is -2.11. The Morgan fingerprint density at radius 2 is 1.61 bits per heavy atom. The zero-order valence-electron chi connectivity index (χ0n) is 20.4. The fourth-order valence-corrected chi connectivity index (χ4v) is 4.91. The summed E-state index contributed by atoms with van der Waals surface area (Å²) in [4.78, 5) is 12.3. The van der Waals surface area contributed by atoms with Crippen LogP contribution in [0.3, 0.4) is 0 Å². The first-order valence-corrected chi connectivity index (χ1v) is 12.4. The van der Waals surface area contributed by atoms with Gasteiger partial charge in [0.05, 0.1) is 16.4 Å². The highest BCUT2D eigenvalue weighted by Crippen LogP contribution is 2.39. The Balaban J connectivity index is 1.62. The number of phenolic OH excluding ortho intramolecular Hbond substituents is 1. The van der Waals surface area contributed by atoms with E-state index in [-0.39, 0.29) is 5.75 Å². The minimum atomic E-state index is -0.510. The normalized spacial score (nSPS) is 11.2. The molecule has 5 rings (SSSR count). The maximum absolute atomic E-state index is 12.3. The molecule has 36 heavy (non-hydrogen) atoms. The molecule has 182 valence electrons. The highest BCUT2D eigenvalue weighted by atomic mass is 16.5. The Morgan fingerprint density at radius 3 is 2.39 bits per heavy atom. The number of aromatic nitrogens is 1. The standard InChI is InChI=1S/C31H30N2O3/c1-2-3-5-10-21-18-27-30(28(34)19-21)29-25(31(32)35)15-9-16-26(29)33(27)20-22-11-8-14-24(17-22)36-23-12-6-4-7-13-23/h4,6-9,11-19,34H,2-3,5,10,20H2,1H3,(H2,32,35). The number of rotatable bonds is 9. The molecule has 3 N–H and O–H groups in total. The average molecular weight is 479 g/mol. The van der Waals surface area contributed by atoms with Crippen LogP contribution in [-0.2, 0) is 13.0 Å². The molecule has 5 aromatic rings. The number of hydrogen-bond acceptors (Lipinski definition) is 3. The molecule has 0 bridgehead atoms. The van der Waals surface area contributed by atoms with Crippen LogP contribution in [0.15, 0.2) is 84.9 Å². The number of aromatic hydroxyl groups is 1. The van der Waals surface area contributed by atoms with E-state index in [2.05, 4.69) is 23.6 Å². The van der Waals surface area contributed by atoms with Crippen molar-refractivity contribution < 1.29 is 14.6 Å². The van der Waals surface area contributed by atoms with Crippen LogP contribution in [0.25, 0.3) is 21.8 Å². The van der Waals surface area contributed by atoms with Crippen LogP contribution in [0.1, 0.15) is 47.7 Å². The summed E-state index contributed by atoms with van der Waals surface area (Å²) in [6, 6.07) is 27.2. The molecule has 0 unspecified atom stereocenters. The fourth-order valence-electron chi connectivity index (χ4n) is 4.91. The van der Waals surface area contributed by atoms with Crippen molar-refractivity contribution in [3.63, 3.8) is 0 Å². The minimum absolute atomic E-state index is 0.178. The van der Waals surface area contributed by atoms with E-state index < -0.39 is 5.91 Å². The molecule has 0 radical (unpaired) electrons. The molecule has 0 aliphatic heterocycles. The summed E-state index contributed by atoms with van der Waals surface area (Å²) in [5.74, 6) is 1.20. The van der Waals surface area contributed by atoms with Gasteiger partial charge in [0.25, 0.3) is 0 Å². The van der Waals surface area contributed by atoms with Gasteiger partial charge in [-0.25, -0.2) is 0 Å². The number of amides is 1. The molecular formula is C31H30N2O3. The third kappa shape index (κ3) is 4.65. The number of aryl methyl sites for hydroxylation is 1. The Bertz CT molecular complexity index is 1540. The molecular weight excluding hydrogens is 448 g/mol. The molecule has 0 saturated carbocycles. The predicted octanol–water partition coefficient (Wildman–Crippen LogP) is 7.17. The molecule has 0 saturated heterocycles. The molecule has 0 fully saturated rings. The molecule has 0 atom stereocenters. The zero-order chi connectivity index (χ0) is 25.1. The van der Waals surface area contributed by atoms with E-state index in [0.717, 1.165) is 59.3 Å². The number of ether oxygens (including phenoxy) is 1. The van der Waals surface area contributed by atoms with Gasteiger partial charge in [-0.15, -0.1) is 0 Å². The van der Waals surface area contributed by atoms with E-state index in [0.29, 0.717) is 22.9 Å². The van der Waals surface area contributed by atoms with E-state index in [4.69, 9.17) is 10.5 Å². The predicted molar refractivity (Wildman–Crippen MR) is 145 cm³/mol. The van der Waals surface area contributed by atoms with Crippen molar-refractivity contribution in [3.8, 4) is 17.2 Å². The van der Waals surface area contributed by atoms with Crippen LogP contribution < -0.4 is 10.5 Å². The van der Waals surface area contributed by atoms with Crippen molar-refractivity contribution in [2.24, 2.45) is 5.73 Å². The Labute approximate surface area is 210 Å². The van der Waals surface area contributed by atoms with Gasteiger partial charge in [0.1, 0.15) is 17.2 Å². The number of primary amides is 1. The van der Waals surface area contributed by atoms with Gasteiger partial charge in [0, 0.05) is 17.5 Å². The third-order valence-electron chi connectivity index (χ3n) is 6.58. The number of carbonyl (C=O) groups is 1. The van der Waals surface area contributed by atoms with E-state index in [1.165, 1.54) is 0 Å². The average Bonchev–Trinajstić information content (AvgIpc) is 3.19. The highest BCUT2D eigenvalue weighted by molar-refractivity contribution is 6.19. The van der Waals surface area contributed by atoms with Gasteiger partial charge in [-0.3, -0.25) is 4.79 Å². The molecule has 1 amide bonds. The first-order chi connectivity index (χ1) is 17.5. The van der Waals surface area contributed by atoms with Gasteiger partial charge in [-0.05, 0) is 72.5 Å². The topological polar surface area (TPSA) is 77.5 Å². The molecule has 5 nitrogen and oxygen atoms in total. The largest absolute Gasteiger partial charge is 0.507 e. The summed E-state index contributed by atoms with van der Waals surface area (Å²) < 4.78 is 8.20. The van der Waals surface area contributed by atoms with Crippen LogP contribution in [0, 0.1) is 0 Å². The Hall–Kier alpha value is -4.25. The number of benzene rings is 4. The van der Waals surface area contributed by atoms with Crippen molar-refractivity contribution in [1.29, 1.82) is 0 Å². The summed E-state index contributed by atoms with van der Waals surface area (Å²) in [6.45, 7) is 2.73. The van der Waals surface area contributed by atoms with Gasteiger partial charge in [-0.1, -0.05) is 56.2 Å². The minimum Gasteiger partial charge on any atom is -0.507 e. The zero-order valence-corrected chi connectivity index (χ0v) is 20.4. The number of carbonyl (C=O) groups excluding carboxylic acids is 1.